The van der Waals surface area contributed by atoms with E-state index in [0.717, 1.165) is 45.1 Å². The Kier molecular flexibility index (Phi) is 9.60. The van der Waals surface area contributed by atoms with E-state index in [1.807, 2.05) is 0 Å². The van der Waals surface area contributed by atoms with Crippen LogP contribution in [0.25, 0.3) is 33.4 Å². The molecule has 238 valence electrons. The van der Waals surface area contributed by atoms with E-state index in [1.165, 1.54) is 15.4 Å². The molecule has 0 radical (unpaired) electrons. The van der Waals surface area contributed by atoms with Crippen molar-refractivity contribution in [1.82, 2.24) is 0 Å². The van der Waals surface area contributed by atoms with Gasteiger partial charge < -0.3 is 14.2 Å². The molecule has 0 fully saturated rings. The largest absolute Gasteiger partial charge is 0.488 e. The van der Waals surface area contributed by atoms with Crippen LogP contribution in [0.15, 0.2) is 125 Å². The number of rotatable bonds is 8. The number of hydrogen-bond donors (Lipinski definition) is 0. The van der Waals surface area contributed by atoms with E-state index in [2.05, 4.69) is 178 Å². The summed E-state index contributed by atoms with van der Waals surface area (Å²) in [7, 11) is 0. The first-order chi connectivity index (χ1) is 21.6. The molecule has 0 saturated carbocycles. The molecule has 5 aromatic carbocycles. The van der Waals surface area contributed by atoms with E-state index >= 15 is 0 Å². The number of ether oxygens (including phenoxy) is 3. The predicted octanol–water partition coefficient (Wildman–Crippen LogP) is 12.4. The molecule has 0 amide bonds. The second-order valence-electron chi connectivity index (χ2n) is 14.5. The van der Waals surface area contributed by atoms with Crippen molar-refractivity contribution in [2.45, 2.75) is 88.9 Å². The van der Waals surface area contributed by atoms with E-state index in [-0.39, 0.29) is 16.8 Å². The average Bonchev–Trinajstić information content (AvgIpc) is 2.97. The first-order valence-electron chi connectivity index (χ1n) is 15.9. The Labute approximate surface area is 280 Å². The van der Waals surface area contributed by atoms with Gasteiger partial charge in [-0.25, -0.2) is 0 Å². The average molecular weight is 631 g/mol. The Bertz CT molecular complexity index is 1740. The van der Waals surface area contributed by atoms with Crippen molar-refractivity contribution >= 4 is 11.8 Å². The molecule has 0 atom stereocenters. The van der Waals surface area contributed by atoms with Gasteiger partial charge >= 0.3 is 0 Å². The van der Waals surface area contributed by atoms with Crippen LogP contribution in [-0.2, 0) is 0 Å². The molecule has 5 rings (SSSR count). The second-order valence-corrected chi connectivity index (χ2v) is 15.6. The van der Waals surface area contributed by atoms with Gasteiger partial charge in [0.1, 0.15) is 34.1 Å². The van der Waals surface area contributed by atoms with E-state index < -0.39 is 0 Å². The molecule has 0 N–H and O–H groups in total. The summed E-state index contributed by atoms with van der Waals surface area (Å²) in [4.78, 5) is 2.37. The zero-order valence-electron chi connectivity index (χ0n) is 28.6. The summed E-state index contributed by atoms with van der Waals surface area (Å²) >= 11 is 1.78. The molecule has 4 heteroatoms. The molecule has 5 aromatic rings. The zero-order valence-corrected chi connectivity index (χ0v) is 29.4. The summed E-state index contributed by atoms with van der Waals surface area (Å²) in [5.41, 5.74) is 6.02. The Morgan fingerprint density at radius 2 is 0.783 bits per heavy atom. The molecule has 3 nitrogen and oxygen atoms in total. The SMILES string of the molecule is CC(C)(C)Oc1ccc(-c2ccc(Sc3ccccc3)c(-c3ccc(OC(C)(C)C)cc3)c2-c2ccc(OC(C)(C)C)cc2)cc1. The quantitative estimate of drug-likeness (QED) is 0.170. The van der Waals surface area contributed by atoms with E-state index in [1.54, 1.807) is 11.8 Å². The van der Waals surface area contributed by atoms with E-state index in [4.69, 9.17) is 14.2 Å². The Balaban J connectivity index is 1.72. The third-order valence-electron chi connectivity index (χ3n) is 6.86. The lowest BCUT2D eigenvalue weighted by atomic mass is 9.87. The van der Waals surface area contributed by atoms with Gasteiger partial charge in [-0.2, -0.15) is 0 Å². The fourth-order valence-corrected chi connectivity index (χ4v) is 6.26. The molecule has 0 aromatic heterocycles. The minimum atomic E-state index is -0.280. The second kappa shape index (κ2) is 13.3. The molecule has 0 heterocycles. The van der Waals surface area contributed by atoms with Gasteiger partial charge in [-0.05, 0) is 145 Å². The van der Waals surface area contributed by atoms with Crippen LogP contribution in [0, 0.1) is 0 Å². The van der Waals surface area contributed by atoms with Gasteiger partial charge in [-0.15, -0.1) is 0 Å². The van der Waals surface area contributed by atoms with Crippen molar-refractivity contribution in [2.24, 2.45) is 0 Å². The predicted molar refractivity (Wildman–Crippen MR) is 194 cm³/mol. The lowest BCUT2D eigenvalue weighted by Gasteiger charge is -2.24. The minimum Gasteiger partial charge on any atom is -0.488 e. The van der Waals surface area contributed by atoms with Crippen LogP contribution >= 0.6 is 11.8 Å². The summed E-state index contributed by atoms with van der Waals surface area (Å²) in [5.74, 6) is 2.55. The summed E-state index contributed by atoms with van der Waals surface area (Å²) in [6.07, 6.45) is 0. The normalized spacial score (nSPS) is 12.1. The molecule has 0 aliphatic carbocycles. The lowest BCUT2D eigenvalue weighted by Crippen LogP contribution is -2.22. The summed E-state index contributed by atoms with van der Waals surface area (Å²) in [6.45, 7) is 18.6. The topological polar surface area (TPSA) is 27.7 Å². The van der Waals surface area contributed by atoms with Gasteiger partial charge in [0.2, 0.25) is 0 Å². The number of hydrogen-bond acceptors (Lipinski definition) is 4. The standard InChI is InChI=1S/C42H46O3S/c1-40(2,3)43-32-21-15-29(16-22-32)36-27-28-37(46-35-13-11-10-12-14-35)39(31-19-25-34(26-20-31)45-42(7,8)9)38(36)30-17-23-33(24-18-30)44-41(4,5)6/h10-28H,1-9H3. The van der Waals surface area contributed by atoms with Gasteiger partial charge in [-0.1, -0.05) is 72.4 Å². The minimum absolute atomic E-state index is 0.268. The fourth-order valence-electron chi connectivity index (χ4n) is 5.25. The van der Waals surface area contributed by atoms with Crippen LogP contribution in [0.4, 0.5) is 0 Å². The lowest BCUT2D eigenvalue weighted by molar-refractivity contribution is 0.130. The maximum absolute atomic E-state index is 6.20. The smallest absolute Gasteiger partial charge is 0.120 e. The maximum Gasteiger partial charge on any atom is 0.120 e. The first-order valence-corrected chi connectivity index (χ1v) is 16.7. The van der Waals surface area contributed by atoms with E-state index in [0.29, 0.717) is 0 Å². The Morgan fingerprint density at radius 3 is 1.20 bits per heavy atom. The third kappa shape index (κ3) is 8.98. The molecule has 0 saturated heterocycles. The zero-order chi connectivity index (χ0) is 33.1. The van der Waals surface area contributed by atoms with E-state index in [9.17, 15) is 0 Å². The maximum atomic E-state index is 6.20. The van der Waals surface area contributed by atoms with Crippen molar-refractivity contribution in [3.63, 3.8) is 0 Å². The van der Waals surface area contributed by atoms with Crippen LogP contribution in [-0.4, -0.2) is 16.8 Å². The molecule has 0 unspecified atom stereocenters. The van der Waals surface area contributed by atoms with Crippen molar-refractivity contribution in [3.05, 3.63) is 115 Å². The molecular formula is C42H46O3S. The van der Waals surface area contributed by atoms with Crippen LogP contribution in [0.5, 0.6) is 17.2 Å². The van der Waals surface area contributed by atoms with Gasteiger partial charge in [0.15, 0.2) is 0 Å². The third-order valence-corrected chi connectivity index (χ3v) is 7.93. The van der Waals surface area contributed by atoms with Crippen LogP contribution in [0.3, 0.4) is 0 Å². The van der Waals surface area contributed by atoms with Crippen molar-refractivity contribution in [3.8, 4) is 50.6 Å². The molecule has 0 bridgehead atoms. The fraction of sp³-hybridized carbons (Fsp3) is 0.286. The van der Waals surface area contributed by atoms with Gasteiger partial charge in [0.05, 0.1) is 0 Å². The Morgan fingerprint density at radius 1 is 0.391 bits per heavy atom. The van der Waals surface area contributed by atoms with Crippen molar-refractivity contribution in [1.29, 1.82) is 0 Å². The monoisotopic (exact) mass is 630 g/mol. The molecule has 0 aliphatic heterocycles. The van der Waals surface area contributed by atoms with Gasteiger partial charge in [0.25, 0.3) is 0 Å². The van der Waals surface area contributed by atoms with Crippen molar-refractivity contribution < 1.29 is 14.2 Å². The highest BCUT2D eigenvalue weighted by Crippen LogP contribution is 2.47. The molecule has 46 heavy (non-hydrogen) atoms. The number of benzene rings is 5. The van der Waals surface area contributed by atoms with Crippen LogP contribution < -0.4 is 14.2 Å². The Hall–Kier alpha value is -4.15. The summed E-state index contributed by atoms with van der Waals surface area (Å²) in [5, 5.41) is 0. The van der Waals surface area contributed by atoms with Gasteiger partial charge in [0, 0.05) is 15.4 Å². The highest BCUT2D eigenvalue weighted by Gasteiger charge is 2.21. The molecule has 0 spiro atoms. The molecular weight excluding hydrogens is 585 g/mol. The van der Waals surface area contributed by atoms with Gasteiger partial charge in [-0.3, -0.25) is 0 Å². The first kappa shape index (κ1) is 33.2. The highest BCUT2D eigenvalue weighted by atomic mass is 32.2. The molecule has 0 aliphatic rings. The van der Waals surface area contributed by atoms with Crippen LogP contribution in [0.2, 0.25) is 0 Å². The highest BCUT2D eigenvalue weighted by molar-refractivity contribution is 7.99. The summed E-state index contributed by atoms with van der Waals surface area (Å²) in [6, 6.07) is 40.5. The van der Waals surface area contributed by atoms with Crippen LogP contribution in [0.1, 0.15) is 62.3 Å². The summed E-state index contributed by atoms with van der Waals surface area (Å²) < 4.78 is 18.5. The van der Waals surface area contributed by atoms with Crippen molar-refractivity contribution in [2.75, 3.05) is 0 Å².